The zero-order valence-electron chi connectivity index (χ0n) is 22.8. The minimum absolute atomic E-state index is 0.00510. The number of hydrogen-bond acceptors (Lipinski definition) is 8. The molecular weight excluding hydrogens is 534 g/mol. The van der Waals surface area contributed by atoms with Crippen LogP contribution < -0.4 is 21.3 Å². The molecule has 2 aromatic rings. The average Bonchev–Trinajstić information content (AvgIpc) is 3.43. The first kappa shape index (κ1) is 30.9. The average molecular weight is 572 g/mol. The fraction of sp³-hybridized carbons (Fsp3) is 0.464. The summed E-state index contributed by atoms with van der Waals surface area (Å²) in [5, 5.41) is 20.5. The van der Waals surface area contributed by atoms with Gasteiger partial charge >= 0.3 is 12.1 Å². The summed E-state index contributed by atoms with van der Waals surface area (Å²) in [7, 11) is 0. The molecule has 5 N–H and O–H groups in total. The highest BCUT2D eigenvalue weighted by atomic mass is 32.2. The topological polar surface area (TPSA) is 159 Å². The van der Waals surface area contributed by atoms with E-state index >= 15 is 0 Å². The van der Waals surface area contributed by atoms with E-state index in [2.05, 4.69) is 26.3 Å². The molecular formula is C28H37N5O6S. The maximum atomic E-state index is 13.5. The van der Waals surface area contributed by atoms with E-state index in [1.165, 1.54) is 18.7 Å². The number of aromatic nitrogens is 1. The summed E-state index contributed by atoms with van der Waals surface area (Å²) >= 11 is 1.44. The number of aliphatic carboxylic acids is 1. The monoisotopic (exact) mass is 571 g/mol. The standard InChI is InChI=1S/C28H37N5O6S/c1-17(2)12-21(31-24(34)18(3)30-28(38)39-15-20-10-7-11-29-14-20)25(35)32-22(13-19-8-5-4-6-9-19)26-33-23(16-40-26)27(36)37/h4-11,14,17-18,21-23,26,33H,12-13,15-16H2,1-3H3,(H,30,38)(H,31,34)(H,32,35)(H,36,37)/t18-,21-,22?,23-,26?/m0/s1. The molecule has 11 nitrogen and oxygen atoms in total. The third kappa shape index (κ3) is 9.83. The third-order valence-corrected chi connectivity index (χ3v) is 7.61. The Hall–Kier alpha value is -3.64. The minimum Gasteiger partial charge on any atom is -0.480 e. The van der Waals surface area contributed by atoms with E-state index in [0.29, 0.717) is 24.2 Å². The molecule has 1 aliphatic rings. The number of carboxylic acid groups (broad SMARTS) is 1. The van der Waals surface area contributed by atoms with Crippen molar-refractivity contribution in [2.45, 2.75) is 69.8 Å². The Morgan fingerprint density at radius 1 is 1.02 bits per heavy atom. The van der Waals surface area contributed by atoms with Gasteiger partial charge < -0.3 is 25.8 Å². The number of carbonyl (C=O) groups is 4. The Labute approximate surface area is 238 Å². The van der Waals surface area contributed by atoms with E-state index in [1.54, 1.807) is 24.5 Å². The number of thioether (sulfide) groups is 1. The van der Waals surface area contributed by atoms with Gasteiger partial charge in [0.2, 0.25) is 11.8 Å². The van der Waals surface area contributed by atoms with Gasteiger partial charge in [-0.2, -0.15) is 0 Å². The van der Waals surface area contributed by atoms with Gasteiger partial charge in [0.05, 0.1) is 11.4 Å². The van der Waals surface area contributed by atoms with E-state index in [0.717, 1.165) is 5.56 Å². The summed E-state index contributed by atoms with van der Waals surface area (Å²) in [6.07, 6.45) is 3.27. The second-order valence-corrected chi connectivity index (χ2v) is 11.3. The first-order chi connectivity index (χ1) is 19.1. The lowest BCUT2D eigenvalue weighted by Gasteiger charge is -2.29. The van der Waals surface area contributed by atoms with Crippen molar-refractivity contribution < 1.29 is 29.0 Å². The molecule has 1 saturated heterocycles. The van der Waals surface area contributed by atoms with Gasteiger partial charge in [0, 0.05) is 23.7 Å². The number of ether oxygens (including phenoxy) is 1. The highest BCUT2D eigenvalue weighted by molar-refractivity contribution is 8.00. The van der Waals surface area contributed by atoms with Crippen LogP contribution in [-0.2, 0) is 32.1 Å². The van der Waals surface area contributed by atoms with E-state index in [4.69, 9.17) is 4.74 Å². The SMILES string of the molecule is CC(C)C[C@H](NC(=O)[C@H](C)NC(=O)OCc1cccnc1)C(=O)NC(Cc1ccccc1)C1N[C@H](C(=O)O)CS1. The lowest BCUT2D eigenvalue weighted by atomic mass is 10.0. The number of hydrogen-bond donors (Lipinski definition) is 5. The smallest absolute Gasteiger partial charge is 0.408 e. The van der Waals surface area contributed by atoms with Gasteiger partial charge in [0.15, 0.2) is 0 Å². The zero-order chi connectivity index (χ0) is 29.1. The number of nitrogens with one attached hydrogen (secondary N) is 4. The summed E-state index contributed by atoms with van der Waals surface area (Å²) in [6, 6.07) is 10.1. The summed E-state index contributed by atoms with van der Waals surface area (Å²) in [6.45, 7) is 5.40. The van der Waals surface area contributed by atoms with Crippen LogP contribution in [0.4, 0.5) is 4.79 Å². The number of nitrogens with zero attached hydrogens (tertiary/aromatic N) is 1. The van der Waals surface area contributed by atoms with E-state index in [1.807, 2.05) is 44.2 Å². The lowest BCUT2D eigenvalue weighted by molar-refractivity contribution is -0.138. The summed E-state index contributed by atoms with van der Waals surface area (Å²) in [5.41, 5.74) is 1.69. The highest BCUT2D eigenvalue weighted by Crippen LogP contribution is 2.24. The Morgan fingerprint density at radius 3 is 2.38 bits per heavy atom. The van der Waals surface area contributed by atoms with Crippen LogP contribution >= 0.6 is 11.8 Å². The molecule has 0 spiro atoms. The molecule has 0 saturated carbocycles. The van der Waals surface area contributed by atoms with Crippen LogP contribution in [0.5, 0.6) is 0 Å². The first-order valence-corrected chi connectivity index (χ1v) is 14.2. The fourth-order valence-electron chi connectivity index (χ4n) is 4.17. The zero-order valence-corrected chi connectivity index (χ0v) is 23.6. The molecule has 12 heteroatoms. The number of rotatable bonds is 13. The number of benzene rings is 1. The second kappa shape index (κ2) is 15.2. The Bertz CT molecular complexity index is 1140. The molecule has 2 unspecified atom stereocenters. The molecule has 0 aliphatic carbocycles. The van der Waals surface area contributed by atoms with Gasteiger partial charge in [-0.15, -0.1) is 11.8 Å². The molecule has 1 aliphatic heterocycles. The van der Waals surface area contributed by atoms with Crippen molar-refractivity contribution in [1.82, 2.24) is 26.3 Å². The molecule has 0 bridgehead atoms. The third-order valence-electron chi connectivity index (χ3n) is 6.26. The number of alkyl carbamates (subject to hydrolysis) is 1. The summed E-state index contributed by atoms with van der Waals surface area (Å²) in [5.74, 6) is -1.38. The quantitative estimate of drug-likeness (QED) is 0.243. The van der Waals surface area contributed by atoms with Crippen molar-refractivity contribution in [3.63, 3.8) is 0 Å². The Morgan fingerprint density at radius 2 is 1.75 bits per heavy atom. The normalized spacial score (nSPS) is 18.8. The molecule has 1 aromatic heterocycles. The van der Waals surface area contributed by atoms with Crippen LogP contribution in [0.1, 0.15) is 38.3 Å². The van der Waals surface area contributed by atoms with Gasteiger partial charge in [-0.3, -0.25) is 24.7 Å². The van der Waals surface area contributed by atoms with E-state index in [-0.39, 0.29) is 23.8 Å². The van der Waals surface area contributed by atoms with Crippen molar-refractivity contribution in [3.8, 4) is 0 Å². The Kier molecular flexibility index (Phi) is 11.8. The van der Waals surface area contributed by atoms with Gasteiger partial charge in [0.25, 0.3) is 0 Å². The largest absolute Gasteiger partial charge is 0.480 e. The molecule has 5 atom stereocenters. The maximum absolute atomic E-state index is 13.5. The van der Waals surface area contributed by atoms with Crippen molar-refractivity contribution in [2.75, 3.05) is 5.75 Å². The molecule has 40 heavy (non-hydrogen) atoms. The van der Waals surface area contributed by atoms with Crippen LogP contribution in [-0.4, -0.2) is 69.3 Å². The van der Waals surface area contributed by atoms with Gasteiger partial charge in [-0.05, 0) is 37.3 Å². The van der Waals surface area contributed by atoms with E-state index in [9.17, 15) is 24.3 Å². The number of carbonyl (C=O) groups excluding carboxylic acids is 3. The first-order valence-electron chi connectivity index (χ1n) is 13.2. The van der Waals surface area contributed by atoms with Gasteiger partial charge in [-0.25, -0.2) is 4.79 Å². The fourth-order valence-corrected chi connectivity index (χ4v) is 5.47. The van der Waals surface area contributed by atoms with Gasteiger partial charge in [-0.1, -0.05) is 50.2 Å². The predicted octanol–water partition coefficient (Wildman–Crippen LogP) is 2.07. The molecule has 3 amide bonds. The van der Waals surface area contributed by atoms with Crippen LogP contribution in [0.25, 0.3) is 0 Å². The van der Waals surface area contributed by atoms with Crippen LogP contribution in [0.15, 0.2) is 54.9 Å². The molecule has 216 valence electrons. The van der Waals surface area contributed by atoms with Crippen molar-refractivity contribution in [3.05, 3.63) is 66.0 Å². The highest BCUT2D eigenvalue weighted by Gasteiger charge is 2.36. The number of pyridine rings is 1. The van der Waals surface area contributed by atoms with Crippen molar-refractivity contribution >= 4 is 35.6 Å². The van der Waals surface area contributed by atoms with Crippen molar-refractivity contribution in [2.24, 2.45) is 5.92 Å². The molecule has 0 radical (unpaired) electrons. The molecule has 2 heterocycles. The van der Waals surface area contributed by atoms with Crippen LogP contribution in [0.2, 0.25) is 0 Å². The summed E-state index contributed by atoms with van der Waals surface area (Å²) in [4.78, 5) is 54.1. The minimum atomic E-state index is -0.952. The van der Waals surface area contributed by atoms with Gasteiger partial charge in [0.1, 0.15) is 24.7 Å². The van der Waals surface area contributed by atoms with Crippen molar-refractivity contribution in [1.29, 1.82) is 0 Å². The Balaban J connectivity index is 1.63. The number of carboxylic acids is 1. The maximum Gasteiger partial charge on any atom is 0.408 e. The molecule has 1 fully saturated rings. The molecule has 3 rings (SSSR count). The summed E-state index contributed by atoms with van der Waals surface area (Å²) < 4.78 is 5.16. The van der Waals surface area contributed by atoms with Crippen LogP contribution in [0.3, 0.4) is 0 Å². The number of amides is 3. The van der Waals surface area contributed by atoms with Crippen LogP contribution in [0, 0.1) is 5.92 Å². The predicted molar refractivity (Wildman–Crippen MR) is 151 cm³/mol. The van der Waals surface area contributed by atoms with E-state index < -0.39 is 42.1 Å². The lowest BCUT2D eigenvalue weighted by Crippen LogP contribution is -2.57. The second-order valence-electron chi connectivity index (χ2n) is 10.1. The molecule has 1 aromatic carbocycles.